The van der Waals surface area contributed by atoms with Crippen molar-refractivity contribution in [1.29, 1.82) is 0 Å². The van der Waals surface area contributed by atoms with Crippen molar-refractivity contribution in [2.45, 2.75) is 9.97 Å². The van der Waals surface area contributed by atoms with Gasteiger partial charge in [0.05, 0.1) is 21.8 Å². The fourth-order valence-electron chi connectivity index (χ4n) is 1.62. The molecule has 0 aliphatic heterocycles. The molecule has 8 heteroatoms. The van der Waals surface area contributed by atoms with E-state index in [9.17, 15) is 13.2 Å². The average molecular weight is 349 g/mol. The van der Waals surface area contributed by atoms with Crippen LogP contribution in [0.5, 0.6) is 0 Å². The van der Waals surface area contributed by atoms with Gasteiger partial charge in [-0.25, -0.2) is 4.98 Å². The summed E-state index contributed by atoms with van der Waals surface area (Å²) in [6.07, 6.45) is -4.54. The quantitative estimate of drug-likeness (QED) is 0.554. The van der Waals surface area contributed by atoms with Crippen LogP contribution in [0.15, 0.2) is 24.3 Å². The monoisotopic (exact) mass is 347 g/mol. The van der Waals surface area contributed by atoms with Gasteiger partial charge < -0.3 is 0 Å². The number of hydrogen-bond donors (Lipinski definition) is 0. The number of nitrogens with zero attached hydrogens (tertiary/aromatic N) is 1. The van der Waals surface area contributed by atoms with Crippen LogP contribution >= 0.6 is 46.4 Å². The van der Waals surface area contributed by atoms with Crippen LogP contribution in [0.3, 0.4) is 0 Å². The predicted molar refractivity (Wildman–Crippen MR) is 71.0 cm³/mol. The smallest absolute Gasteiger partial charge is 0.248 e. The minimum atomic E-state index is -4.54. The zero-order valence-electron chi connectivity index (χ0n) is 8.90. The van der Waals surface area contributed by atoms with Gasteiger partial charge in [-0.05, 0) is 18.2 Å². The van der Waals surface area contributed by atoms with Crippen molar-refractivity contribution in [3.8, 4) is 0 Å². The number of aromatic nitrogens is 1. The summed E-state index contributed by atoms with van der Waals surface area (Å²) < 4.78 is 36.7. The number of halogens is 7. The lowest BCUT2D eigenvalue weighted by atomic mass is 10.1. The first-order valence-electron chi connectivity index (χ1n) is 4.84. The van der Waals surface area contributed by atoms with Gasteiger partial charge in [-0.3, -0.25) is 0 Å². The summed E-state index contributed by atoms with van der Waals surface area (Å²) in [7, 11) is 0. The topological polar surface area (TPSA) is 12.9 Å². The molecular formula is C11H4Cl4F3N. The van der Waals surface area contributed by atoms with E-state index in [1.165, 1.54) is 12.1 Å². The molecular weight excluding hydrogens is 345 g/mol. The Morgan fingerprint density at radius 3 is 2.21 bits per heavy atom. The third-order valence-corrected chi connectivity index (χ3v) is 3.26. The van der Waals surface area contributed by atoms with E-state index < -0.39 is 15.5 Å². The van der Waals surface area contributed by atoms with Gasteiger partial charge in [0.1, 0.15) is 0 Å². The molecule has 2 aromatic rings. The molecule has 1 heterocycles. The molecule has 0 radical (unpaired) electrons. The number of hydrogen-bond acceptors (Lipinski definition) is 1. The molecule has 0 atom stereocenters. The van der Waals surface area contributed by atoms with E-state index in [0.29, 0.717) is 0 Å². The first kappa shape index (κ1) is 15.0. The molecule has 0 aliphatic rings. The fraction of sp³-hybridized carbons (Fsp3) is 0.182. The third-order valence-electron chi connectivity index (χ3n) is 2.38. The van der Waals surface area contributed by atoms with E-state index in [2.05, 4.69) is 4.98 Å². The normalized spacial score (nSPS) is 13.0. The molecule has 102 valence electrons. The van der Waals surface area contributed by atoms with E-state index in [1.54, 1.807) is 0 Å². The molecule has 0 spiro atoms. The number of rotatable bonds is 0. The van der Waals surface area contributed by atoms with Gasteiger partial charge in [-0.15, -0.1) is 0 Å². The molecule has 0 bridgehead atoms. The Bertz CT molecular complexity index is 634. The van der Waals surface area contributed by atoms with Gasteiger partial charge in [0, 0.05) is 5.39 Å². The fourth-order valence-corrected chi connectivity index (χ4v) is 2.21. The van der Waals surface area contributed by atoms with Gasteiger partial charge in [0.25, 0.3) is 0 Å². The standard InChI is InChI=1S/C11H4Cl4F3N/c12-6-4-8(10(13,14)15)19-7-3-1-2-5(9(6)7)11(16,17)18/h1-4H. The molecule has 1 aromatic carbocycles. The molecule has 0 N–H and O–H groups in total. The molecule has 0 aliphatic carbocycles. The Balaban J connectivity index is 2.81. The predicted octanol–water partition coefficient (Wildman–Crippen LogP) is 5.73. The van der Waals surface area contributed by atoms with Crippen molar-refractivity contribution >= 4 is 57.3 Å². The zero-order valence-corrected chi connectivity index (χ0v) is 11.9. The highest BCUT2D eigenvalue weighted by molar-refractivity contribution is 6.66. The van der Waals surface area contributed by atoms with Crippen LogP contribution in [0.25, 0.3) is 10.9 Å². The highest BCUT2D eigenvalue weighted by Gasteiger charge is 2.34. The van der Waals surface area contributed by atoms with Crippen LogP contribution in [0.1, 0.15) is 11.3 Å². The molecule has 0 fully saturated rings. The molecule has 0 unspecified atom stereocenters. The van der Waals surface area contributed by atoms with Gasteiger partial charge in [0.2, 0.25) is 3.79 Å². The maximum atomic E-state index is 12.9. The van der Waals surface area contributed by atoms with Crippen LogP contribution in [0.2, 0.25) is 5.02 Å². The average Bonchev–Trinajstić information content (AvgIpc) is 2.25. The van der Waals surface area contributed by atoms with E-state index in [4.69, 9.17) is 46.4 Å². The van der Waals surface area contributed by atoms with Crippen molar-refractivity contribution in [1.82, 2.24) is 4.98 Å². The molecule has 0 amide bonds. The summed E-state index contributed by atoms with van der Waals surface area (Å²) in [5.74, 6) is 0. The van der Waals surface area contributed by atoms with Crippen molar-refractivity contribution in [2.24, 2.45) is 0 Å². The second kappa shape index (κ2) is 4.85. The summed E-state index contributed by atoms with van der Waals surface area (Å²) >= 11 is 22.8. The lowest BCUT2D eigenvalue weighted by molar-refractivity contribution is -0.136. The van der Waals surface area contributed by atoms with Crippen molar-refractivity contribution in [2.75, 3.05) is 0 Å². The summed E-state index contributed by atoms with van der Waals surface area (Å²) in [6, 6.07) is 4.63. The SMILES string of the molecule is FC(F)(F)c1cccc2nc(C(Cl)(Cl)Cl)cc(Cl)c12. The molecule has 2 rings (SSSR count). The van der Waals surface area contributed by atoms with Gasteiger partial charge >= 0.3 is 6.18 Å². The van der Waals surface area contributed by atoms with Gasteiger partial charge in [-0.2, -0.15) is 13.2 Å². The lowest BCUT2D eigenvalue weighted by Crippen LogP contribution is -2.08. The minimum Gasteiger partial charge on any atom is -0.248 e. The molecule has 1 nitrogen and oxygen atoms in total. The largest absolute Gasteiger partial charge is 0.417 e. The number of pyridine rings is 1. The van der Waals surface area contributed by atoms with E-state index in [0.717, 1.165) is 12.1 Å². The van der Waals surface area contributed by atoms with Crippen molar-refractivity contribution < 1.29 is 13.2 Å². The Kier molecular flexibility index (Phi) is 3.82. The number of alkyl halides is 6. The summed E-state index contributed by atoms with van der Waals surface area (Å²) in [5, 5.41) is -0.381. The Morgan fingerprint density at radius 1 is 1.05 bits per heavy atom. The van der Waals surface area contributed by atoms with Crippen LogP contribution in [-0.4, -0.2) is 4.98 Å². The Labute approximate surface area is 126 Å². The summed E-state index contributed by atoms with van der Waals surface area (Å²) in [5.41, 5.74) is -0.892. The number of benzene rings is 1. The second-order valence-electron chi connectivity index (χ2n) is 3.68. The molecule has 1 aromatic heterocycles. The van der Waals surface area contributed by atoms with Gasteiger partial charge in [-0.1, -0.05) is 52.5 Å². The van der Waals surface area contributed by atoms with Crippen LogP contribution in [-0.2, 0) is 9.97 Å². The van der Waals surface area contributed by atoms with Gasteiger partial charge in [0.15, 0.2) is 0 Å². The number of fused-ring (bicyclic) bond motifs is 1. The highest BCUT2D eigenvalue weighted by atomic mass is 35.6. The van der Waals surface area contributed by atoms with E-state index >= 15 is 0 Å². The minimum absolute atomic E-state index is 0.0173. The van der Waals surface area contributed by atoms with Crippen LogP contribution < -0.4 is 0 Å². The van der Waals surface area contributed by atoms with E-state index in [1.807, 2.05) is 0 Å². The summed E-state index contributed by atoms with van der Waals surface area (Å²) in [4.78, 5) is 3.90. The van der Waals surface area contributed by atoms with Crippen molar-refractivity contribution in [3.05, 3.63) is 40.5 Å². The summed E-state index contributed by atoms with van der Waals surface area (Å²) in [6.45, 7) is 0. The lowest BCUT2D eigenvalue weighted by Gasteiger charge is -2.15. The second-order valence-corrected chi connectivity index (χ2v) is 6.37. The zero-order chi connectivity index (χ0) is 14.4. The molecule has 0 saturated heterocycles. The first-order valence-corrected chi connectivity index (χ1v) is 6.35. The maximum absolute atomic E-state index is 12.9. The first-order chi connectivity index (χ1) is 8.60. The van der Waals surface area contributed by atoms with E-state index in [-0.39, 0.29) is 21.6 Å². The Hall–Kier alpha value is -0.420. The maximum Gasteiger partial charge on any atom is 0.417 e. The highest BCUT2D eigenvalue weighted by Crippen LogP contribution is 2.42. The molecule has 19 heavy (non-hydrogen) atoms. The Morgan fingerprint density at radius 2 is 1.68 bits per heavy atom. The van der Waals surface area contributed by atoms with Crippen molar-refractivity contribution in [3.63, 3.8) is 0 Å². The van der Waals surface area contributed by atoms with Crippen LogP contribution in [0.4, 0.5) is 13.2 Å². The molecule has 0 saturated carbocycles. The third kappa shape index (κ3) is 3.02. The van der Waals surface area contributed by atoms with Crippen LogP contribution in [0, 0.1) is 0 Å².